The Hall–Kier alpha value is -1.64. The van der Waals surface area contributed by atoms with Crippen LogP contribution in [0.15, 0.2) is 42.5 Å². The second-order valence-corrected chi connectivity index (χ2v) is 10.7. The van der Waals surface area contributed by atoms with Gasteiger partial charge in [-0.1, -0.05) is 69.7 Å². The molecule has 2 nitrogen and oxygen atoms in total. The summed E-state index contributed by atoms with van der Waals surface area (Å²) >= 11 is 0. The number of nitrogens with two attached hydrogens (primary N) is 1. The molecule has 0 heterocycles. The molecular formula is C29H42N2. The van der Waals surface area contributed by atoms with E-state index < -0.39 is 0 Å². The Morgan fingerprint density at radius 3 is 2.58 bits per heavy atom. The average Bonchev–Trinajstić information content (AvgIpc) is 2.78. The second kappa shape index (κ2) is 9.46. The fourth-order valence-corrected chi connectivity index (χ4v) is 6.66. The van der Waals surface area contributed by atoms with Crippen molar-refractivity contribution in [2.75, 3.05) is 6.54 Å². The van der Waals surface area contributed by atoms with Gasteiger partial charge in [-0.2, -0.15) is 0 Å². The molecule has 2 heteroatoms. The van der Waals surface area contributed by atoms with E-state index in [-0.39, 0.29) is 0 Å². The van der Waals surface area contributed by atoms with Crippen LogP contribution in [0.3, 0.4) is 0 Å². The van der Waals surface area contributed by atoms with Gasteiger partial charge >= 0.3 is 0 Å². The van der Waals surface area contributed by atoms with Gasteiger partial charge in [0.2, 0.25) is 0 Å². The monoisotopic (exact) mass is 418 g/mol. The van der Waals surface area contributed by atoms with Crippen LogP contribution in [0.2, 0.25) is 0 Å². The maximum atomic E-state index is 5.93. The first kappa shape index (κ1) is 22.6. The van der Waals surface area contributed by atoms with Gasteiger partial charge in [-0.15, -0.1) is 0 Å². The molecule has 0 radical (unpaired) electrons. The lowest BCUT2D eigenvalue weighted by atomic mass is 9.53. The Kier molecular flexibility index (Phi) is 6.89. The molecule has 2 aliphatic rings. The minimum absolute atomic E-state index is 0.341. The topological polar surface area (TPSA) is 38.0 Å². The molecule has 1 saturated carbocycles. The summed E-state index contributed by atoms with van der Waals surface area (Å²) in [5.74, 6) is 2.17. The lowest BCUT2D eigenvalue weighted by Crippen LogP contribution is -2.50. The fourth-order valence-electron chi connectivity index (χ4n) is 6.66. The number of benzene rings is 2. The Labute approximate surface area is 190 Å². The van der Waals surface area contributed by atoms with Crippen LogP contribution in [0, 0.1) is 11.8 Å². The van der Waals surface area contributed by atoms with Gasteiger partial charge in [0.1, 0.15) is 0 Å². The molecule has 4 atom stereocenters. The molecule has 0 saturated heterocycles. The summed E-state index contributed by atoms with van der Waals surface area (Å²) in [6, 6.07) is 16.6. The van der Waals surface area contributed by atoms with E-state index in [1.165, 1.54) is 48.8 Å². The average molecular weight is 419 g/mol. The van der Waals surface area contributed by atoms with Crippen molar-refractivity contribution in [1.29, 1.82) is 0 Å². The van der Waals surface area contributed by atoms with Crippen molar-refractivity contribution >= 4 is 0 Å². The first-order valence-corrected chi connectivity index (χ1v) is 12.6. The molecule has 3 N–H and O–H groups in total. The number of fused-ring (bicyclic) bond motifs is 3. The van der Waals surface area contributed by atoms with Crippen molar-refractivity contribution in [3.8, 4) is 0 Å². The lowest BCUT2D eigenvalue weighted by molar-refractivity contribution is 0.0831. The third-order valence-corrected chi connectivity index (χ3v) is 8.55. The standard InChI is InChI=1S/C29H42N2/c1-20(2)23-11-13-27-24(18-23)12-14-28-26(10-7-16-29(27,28)4)21(3)31-17-15-22-8-5-6-9-25(22)19-30/h5-6,8-9,11,13,18,20-21,26,28,31H,7,10,12,14-17,19,30H2,1-4H3. The summed E-state index contributed by atoms with van der Waals surface area (Å²) in [4.78, 5) is 0. The van der Waals surface area contributed by atoms with Crippen LogP contribution in [0.5, 0.6) is 0 Å². The normalized spacial score (nSPS) is 26.4. The minimum atomic E-state index is 0.341. The van der Waals surface area contributed by atoms with Gasteiger partial charge in [-0.05, 0) is 96.6 Å². The zero-order chi connectivity index (χ0) is 22.0. The van der Waals surface area contributed by atoms with Crippen molar-refractivity contribution in [2.45, 2.75) is 90.1 Å². The number of rotatable bonds is 7. The van der Waals surface area contributed by atoms with Crippen molar-refractivity contribution in [3.63, 3.8) is 0 Å². The Balaban J connectivity index is 1.45. The van der Waals surface area contributed by atoms with Gasteiger partial charge in [0, 0.05) is 12.6 Å². The van der Waals surface area contributed by atoms with Crippen LogP contribution in [-0.2, 0) is 24.8 Å². The Morgan fingerprint density at radius 2 is 1.84 bits per heavy atom. The van der Waals surface area contributed by atoms with E-state index >= 15 is 0 Å². The maximum Gasteiger partial charge on any atom is 0.0180 e. The van der Waals surface area contributed by atoms with Gasteiger partial charge in [-0.25, -0.2) is 0 Å². The Morgan fingerprint density at radius 1 is 1.06 bits per heavy atom. The highest BCUT2D eigenvalue weighted by Crippen LogP contribution is 2.53. The van der Waals surface area contributed by atoms with Crippen molar-refractivity contribution in [3.05, 3.63) is 70.3 Å². The lowest BCUT2D eigenvalue weighted by Gasteiger charge is -2.52. The van der Waals surface area contributed by atoms with Crippen LogP contribution >= 0.6 is 0 Å². The van der Waals surface area contributed by atoms with Gasteiger partial charge in [0.15, 0.2) is 0 Å². The molecule has 0 amide bonds. The highest BCUT2D eigenvalue weighted by Gasteiger charge is 2.47. The first-order valence-electron chi connectivity index (χ1n) is 12.6. The van der Waals surface area contributed by atoms with E-state index in [2.05, 4.69) is 75.5 Å². The van der Waals surface area contributed by atoms with E-state index in [1.807, 2.05) is 0 Å². The highest BCUT2D eigenvalue weighted by atomic mass is 14.9. The summed E-state index contributed by atoms with van der Waals surface area (Å²) in [5, 5.41) is 3.91. The van der Waals surface area contributed by atoms with Crippen LogP contribution in [-0.4, -0.2) is 12.6 Å². The molecule has 31 heavy (non-hydrogen) atoms. The maximum absolute atomic E-state index is 5.93. The molecule has 0 spiro atoms. The van der Waals surface area contributed by atoms with Crippen molar-refractivity contribution < 1.29 is 0 Å². The second-order valence-electron chi connectivity index (χ2n) is 10.7. The van der Waals surface area contributed by atoms with E-state index in [9.17, 15) is 0 Å². The number of hydrogen-bond donors (Lipinski definition) is 2. The molecule has 0 aliphatic heterocycles. The molecule has 1 fully saturated rings. The number of nitrogens with one attached hydrogen (secondary N) is 1. The largest absolute Gasteiger partial charge is 0.326 e. The molecule has 0 bridgehead atoms. The molecule has 4 rings (SSSR count). The number of hydrogen-bond acceptors (Lipinski definition) is 2. The molecular weight excluding hydrogens is 376 g/mol. The molecule has 2 aromatic carbocycles. The predicted octanol–water partition coefficient (Wildman–Crippen LogP) is 6.11. The molecule has 0 aromatic heterocycles. The molecule has 4 unspecified atom stereocenters. The molecule has 168 valence electrons. The van der Waals surface area contributed by atoms with Gasteiger partial charge < -0.3 is 11.1 Å². The molecule has 2 aromatic rings. The van der Waals surface area contributed by atoms with Gasteiger partial charge in [0.05, 0.1) is 0 Å². The zero-order valence-corrected chi connectivity index (χ0v) is 20.1. The third-order valence-electron chi connectivity index (χ3n) is 8.55. The highest BCUT2D eigenvalue weighted by molar-refractivity contribution is 5.41. The summed E-state index contributed by atoms with van der Waals surface area (Å²) in [7, 11) is 0. The third kappa shape index (κ3) is 4.47. The summed E-state index contributed by atoms with van der Waals surface area (Å²) in [6.45, 7) is 11.3. The van der Waals surface area contributed by atoms with Gasteiger partial charge in [0.25, 0.3) is 0 Å². The van der Waals surface area contributed by atoms with E-state index in [0.29, 0.717) is 23.9 Å². The van der Waals surface area contributed by atoms with E-state index in [4.69, 9.17) is 5.73 Å². The van der Waals surface area contributed by atoms with Crippen LogP contribution in [0.4, 0.5) is 0 Å². The predicted molar refractivity (Wildman–Crippen MR) is 133 cm³/mol. The van der Waals surface area contributed by atoms with Crippen molar-refractivity contribution in [2.24, 2.45) is 17.6 Å². The van der Waals surface area contributed by atoms with Gasteiger partial charge in [-0.3, -0.25) is 0 Å². The smallest absolute Gasteiger partial charge is 0.0180 e. The van der Waals surface area contributed by atoms with E-state index in [0.717, 1.165) is 24.8 Å². The summed E-state index contributed by atoms with van der Waals surface area (Å²) in [6.07, 6.45) is 7.73. The van der Waals surface area contributed by atoms with Crippen molar-refractivity contribution in [1.82, 2.24) is 5.32 Å². The van der Waals surface area contributed by atoms with Crippen LogP contribution in [0.25, 0.3) is 0 Å². The van der Waals surface area contributed by atoms with Crippen LogP contribution in [0.1, 0.15) is 87.1 Å². The minimum Gasteiger partial charge on any atom is -0.326 e. The first-order chi connectivity index (χ1) is 14.9. The quantitative estimate of drug-likeness (QED) is 0.569. The molecule has 2 aliphatic carbocycles. The summed E-state index contributed by atoms with van der Waals surface area (Å²) in [5.41, 5.74) is 13.7. The van der Waals surface area contributed by atoms with Crippen LogP contribution < -0.4 is 11.1 Å². The Bertz CT molecular complexity index is 886. The zero-order valence-electron chi connectivity index (χ0n) is 20.1. The van der Waals surface area contributed by atoms with E-state index in [1.54, 1.807) is 11.1 Å². The SMILES string of the molecule is CC(C)c1ccc2c(c1)CCC1C(C(C)NCCc3ccccc3CN)CCCC21C. The summed E-state index contributed by atoms with van der Waals surface area (Å²) < 4.78 is 0. The number of aryl methyl sites for hydroxylation is 1. The fraction of sp³-hybridized carbons (Fsp3) is 0.586.